The lowest BCUT2D eigenvalue weighted by Crippen LogP contribution is -1.86. The van der Waals surface area contributed by atoms with E-state index in [-0.39, 0.29) is 18.8 Å². The zero-order valence-corrected chi connectivity index (χ0v) is 7.84. The normalized spacial score (nSPS) is 7.17. The molecule has 2 N–H and O–H groups in total. The van der Waals surface area contributed by atoms with Gasteiger partial charge in [0.15, 0.2) is 0 Å². The Morgan fingerprint density at radius 1 is 1.50 bits per heavy atom. The summed E-state index contributed by atoms with van der Waals surface area (Å²) in [5, 5.41) is 0. The van der Waals surface area contributed by atoms with Crippen molar-refractivity contribution in [3.05, 3.63) is 23.8 Å². The molecule has 0 aromatic carbocycles. The van der Waals surface area contributed by atoms with Crippen molar-refractivity contribution in [3.8, 4) is 0 Å². The highest BCUT2D eigenvalue weighted by atomic mass is 35.5. The largest absolute Gasteiger partial charge is 0.372 e. The van der Waals surface area contributed by atoms with E-state index in [9.17, 15) is 0 Å². The number of nitrogens with zero attached hydrogens (tertiary/aromatic N) is 2. The van der Waals surface area contributed by atoms with Crippen LogP contribution in [0.4, 0.5) is 0 Å². The summed E-state index contributed by atoms with van der Waals surface area (Å²) in [6, 6.07) is 1.88. The minimum Gasteiger partial charge on any atom is -0.372 e. The number of aryl methyl sites for hydroxylation is 2. The van der Waals surface area contributed by atoms with Crippen molar-refractivity contribution in [3.63, 3.8) is 0 Å². The van der Waals surface area contributed by atoms with Crippen LogP contribution in [0.1, 0.15) is 11.5 Å². The van der Waals surface area contributed by atoms with E-state index in [2.05, 4.69) is 15.7 Å². The SMILES string of the molecule is Cc1ccnc(C)n1.Cl.NC=O. The van der Waals surface area contributed by atoms with Gasteiger partial charge in [-0.2, -0.15) is 0 Å². The third-order valence-electron chi connectivity index (χ3n) is 0.915. The maximum absolute atomic E-state index is 8.58. The van der Waals surface area contributed by atoms with Gasteiger partial charge in [0, 0.05) is 11.9 Å². The molecule has 0 aliphatic carbocycles. The van der Waals surface area contributed by atoms with Crippen molar-refractivity contribution in [2.45, 2.75) is 13.8 Å². The molecule has 0 atom stereocenters. The zero-order valence-electron chi connectivity index (χ0n) is 7.02. The third kappa shape index (κ3) is 6.95. The minimum atomic E-state index is 0. The number of halogens is 1. The fourth-order valence-corrected chi connectivity index (χ4v) is 0.574. The molecule has 12 heavy (non-hydrogen) atoms. The van der Waals surface area contributed by atoms with Crippen LogP contribution in [0.15, 0.2) is 12.3 Å². The van der Waals surface area contributed by atoms with Crippen LogP contribution in [0.25, 0.3) is 0 Å². The van der Waals surface area contributed by atoms with Crippen molar-refractivity contribution in [2.75, 3.05) is 0 Å². The average molecular weight is 190 g/mol. The predicted molar refractivity (Wildman–Crippen MR) is 49.0 cm³/mol. The molecule has 1 rings (SSSR count). The lowest BCUT2D eigenvalue weighted by molar-refractivity contribution is -0.106. The maximum Gasteiger partial charge on any atom is 0.204 e. The van der Waals surface area contributed by atoms with Gasteiger partial charge in [-0.25, -0.2) is 9.97 Å². The van der Waals surface area contributed by atoms with Crippen LogP contribution in [0.3, 0.4) is 0 Å². The van der Waals surface area contributed by atoms with Gasteiger partial charge in [0.25, 0.3) is 0 Å². The number of aromatic nitrogens is 2. The van der Waals surface area contributed by atoms with E-state index < -0.39 is 0 Å². The summed E-state index contributed by atoms with van der Waals surface area (Å²) in [4.78, 5) is 16.6. The maximum atomic E-state index is 8.58. The molecule has 1 heterocycles. The van der Waals surface area contributed by atoms with Crippen molar-refractivity contribution in [2.24, 2.45) is 5.73 Å². The lowest BCUT2D eigenvalue weighted by atomic mass is 10.4. The molecule has 68 valence electrons. The Labute approximate surface area is 77.6 Å². The smallest absolute Gasteiger partial charge is 0.204 e. The van der Waals surface area contributed by atoms with E-state index in [1.54, 1.807) is 6.20 Å². The number of rotatable bonds is 0. The second kappa shape index (κ2) is 7.94. The number of carbonyl (C=O) groups excluding carboxylic acids is 1. The van der Waals surface area contributed by atoms with Crippen LogP contribution in [-0.2, 0) is 4.79 Å². The van der Waals surface area contributed by atoms with Crippen LogP contribution >= 0.6 is 12.4 Å². The van der Waals surface area contributed by atoms with Crippen molar-refractivity contribution < 1.29 is 4.79 Å². The molecule has 0 spiro atoms. The number of amides is 1. The summed E-state index contributed by atoms with van der Waals surface area (Å²) >= 11 is 0. The highest BCUT2D eigenvalue weighted by molar-refractivity contribution is 5.85. The van der Waals surface area contributed by atoms with E-state index in [4.69, 9.17) is 4.79 Å². The minimum absolute atomic E-state index is 0. The van der Waals surface area contributed by atoms with Gasteiger partial charge in [-0.3, -0.25) is 4.79 Å². The van der Waals surface area contributed by atoms with Crippen LogP contribution in [0.5, 0.6) is 0 Å². The molecular formula is C7H12ClN3O. The Morgan fingerprint density at radius 3 is 2.25 bits per heavy atom. The Kier molecular flexibility index (Phi) is 8.89. The van der Waals surface area contributed by atoms with Gasteiger partial charge < -0.3 is 5.73 Å². The Bertz CT molecular complexity index is 212. The Balaban J connectivity index is 0. The van der Waals surface area contributed by atoms with E-state index in [0.29, 0.717) is 0 Å². The van der Waals surface area contributed by atoms with Gasteiger partial charge in [0.05, 0.1) is 0 Å². The van der Waals surface area contributed by atoms with Gasteiger partial charge in [-0.15, -0.1) is 12.4 Å². The lowest BCUT2D eigenvalue weighted by Gasteiger charge is -1.89. The molecule has 0 aliphatic heterocycles. The highest BCUT2D eigenvalue weighted by Crippen LogP contribution is 1.88. The molecule has 1 aromatic heterocycles. The van der Waals surface area contributed by atoms with E-state index in [1.807, 2.05) is 19.9 Å². The second-order valence-electron chi connectivity index (χ2n) is 1.88. The van der Waals surface area contributed by atoms with Crippen molar-refractivity contribution >= 4 is 18.8 Å². The number of hydrogen-bond donors (Lipinski definition) is 1. The summed E-state index contributed by atoms with van der Waals surface area (Å²) in [6.07, 6.45) is 2.01. The van der Waals surface area contributed by atoms with Gasteiger partial charge in [0.2, 0.25) is 6.41 Å². The quantitative estimate of drug-likeness (QED) is 0.609. The first-order chi connectivity index (χ1) is 5.20. The molecule has 0 saturated carbocycles. The van der Waals surface area contributed by atoms with Crippen LogP contribution < -0.4 is 5.73 Å². The highest BCUT2D eigenvalue weighted by Gasteiger charge is 1.83. The molecule has 0 fully saturated rings. The molecule has 0 aliphatic rings. The Hall–Kier alpha value is -1.16. The number of primary amides is 1. The van der Waals surface area contributed by atoms with E-state index in [1.165, 1.54) is 0 Å². The summed E-state index contributed by atoms with van der Waals surface area (Å²) in [6.45, 7) is 3.84. The Morgan fingerprint density at radius 2 is 2.00 bits per heavy atom. The first kappa shape index (κ1) is 13.4. The van der Waals surface area contributed by atoms with Crippen molar-refractivity contribution in [1.29, 1.82) is 0 Å². The summed E-state index contributed by atoms with van der Waals surface area (Å²) in [7, 11) is 0. The van der Waals surface area contributed by atoms with E-state index in [0.717, 1.165) is 11.5 Å². The molecule has 0 bridgehead atoms. The standard InChI is InChI=1S/C6H8N2.CH3NO.ClH/c1-5-3-4-7-6(2)8-5;2-1-3;/h3-4H,1-2H3;1H,(H2,2,3);1H. The van der Waals surface area contributed by atoms with Crippen LogP contribution in [0, 0.1) is 13.8 Å². The number of nitrogens with two attached hydrogens (primary N) is 1. The van der Waals surface area contributed by atoms with Crippen LogP contribution in [0.2, 0.25) is 0 Å². The molecule has 0 unspecified atom stereocenters. The number of carbonyl (C=O) groups is 1. The molecule has 1 amide bonds. The molecular weight excluding hydrogens is 178 g/mol. The molecule has 0 radical (unpaired) electrons. The first-order valence-electron chi connectivity index (χ1n) is 3.12. The van der Waals surface area contributed by atoms with Gasteiger partial charge in [0.1, 0.15) is 5.82 Å². The van der Waals surface area contributed by atoms with Crippen LogP contribution in [-0.4, -0.2) is 16.4 Å². The third-order valence-corrected chi connectivity index (χ3v) is 0.915. The van der Waals surface area contributed by atoms with Gasteiger partial charge in [-0.1, -0.05) is 0 Å². The summed E-state index contributed by atoms with van der Waals surface area (Å²) < 4.78 is 0. The first-order valence-corrected chi connectivity index (χ1v) is 3.12. The topological polar surface area (TPSA) is 68.9 Å². The van der Waals surface area contributed by atoms with E-state index >= 15 is 0 Å². The van der Waals surface area contributed by atoms with Gasteiger partial charge in [-0.05, 0) is 19.9 Å². The number of hydrogen-bond acceptors (Lipinski definition) is 3. The van der Waals surface area contributed by atoms with Crippen molar-refractivity contribution in [1.82, 2.24) is 9.97 Å². The summed E-state index contributed by atoms with van der Waals surface area (Å²) in [5.74, 6) is 0.838. The molecule has 1 aromatic rings. The molecule has 4 nitrogen and oxygen atoms in total. The average Bonchev–Trinajstić information content (AvgIpc) is 1.88. The molecule has 0 saturated heterocycles. The zero-order chi connectivity index (χ0) is 8.69. The summed E-state index contributed by atoms with van der Waals surface area (Å²) in [5.41, 5.74) is 5.19. The van der Waals surface area contributed by atoms with Gasteiger partial charge >= 0.3 is 0 Å². The predicted octanol–water partition coefficient (Wildman–Crippen LogP) is 0.617. The fraction of sp³-hybridized carbons (Fsp3) is 0.286. The monoisotopic (exact) mass is 189 g/mol. The molecule has 5 heteroatoms. The second-order valence-corrected chi connectivity index (χ2v) is 1.88. The fourth-order valence-electron chi connectivity index (χ4n) is 0.574.